The fraction of sp³-hybridized carbons (Fsp3) is 0.125. The van der Waals surface area contributed by atoms with Crippen LogP contribution in [0.2, 0.25) is 10.0 Å². The summed E-state index contributed by atoms with van der Waals surface area (Å²) in [6.07, 6.45) is -0.702. The van der Waals surface area contributed by atoms with Gasteiger partial charge < -0.3 is 15.4 Å². The summed E-state index contributed by atoms with van der Waals surface area (Å²) in [5.74, 6) is -0.118. The first-order valence-electron chi connectivity index (χ1n) is 6.98. The van der Waals surface area contributed by atoms with E-state index in [9.17, 15) is 9.59 Å². The minimum atomic E-state index is -0.702. The molecule has 2 aromatic rings. The number of carbonyl (C=O) groups excluding carboxylic acids is 2. The van der Waals surface area contributed by atoms with Crippen LogP contribution in [0.4, 0.5) is 10.5 Å². The van der Waals surface area contributed by atoms with E-state index < -0.39 is 12.0 Å². The molecule has 0 bridgehead atoms. The lowest BCUT2D eigenvalue weighted by Gasteiger charge is -2.12. The van der Waals surface area contributed by atoms with Gasteiger partial charge in [0.15, 0.2) is 0 Å². The summed E-state index contributed by atoms with van der Waals surface area (Å²) in [7, 11) is 0. The predicted octanol–water partition coefficient (Wildman–Crippen LogP) is 5.34. The third-order valence-electron chi connectivity index (χ3n) is 2.93. The van der Waals surface area contributed by atoms with Crippen LogP contribution in [0.25, 0.3) is 0 Å². The molecule has 0 fully saturated rings. The largest absolute Gasteiger partial charge is 0.412 e. The molecule has 0 spiro atoms. The molecule has 0 atom stereocenters. The molecule has 9 heteroatoms. The van der Waals surface area contributed by atoms with Crippen molar-refractivity contribution in [3.63, 3.8) is 0 Å². The third kappa shape index (κ3) is 5.78. The smallest absolute Gasteiger partial charge is 0.409 e. The molecule has 0 saturated carbocycles. The van der Waals surface area contributed by atoms with E-state index in [0.717, 1.165) is 0 Å². The van der Waals surface area contributed by atoms with Gasteiger partial charge in [-0.1, -0.05) is 39.1 Å². The topological polar surface area (TPSA) is 67.4 Å². The van der Waals surface area contributed by atoms with Gasteiger partial charge in [-0.2, -0.15) is 0 Å². The van der Waals surface area contributed by atoms with Crippen molar-refractivity contribution in [1.82, 2.24) is 5.32 Å². The van der Waals surface area contributed by atoms with Crippen LogP contribution in [0.3, 0.4) is 0 Å². The van der Waals surface area contributed by atoms with Gasteiger partial charge in [0.1, 0.15) is 5.75 Å². The predicted molar refractivity (Wildman–Crippen MR) is 103 cm³/mol. The molecular weight excluding hydrogens is 454 g/mol. The standard InChI is InChI=1S/C16H12BrCl3N2O3/c17-9-1-4-14(25-16(24)21-6-5-18)11(7-9)15(23)22-10-2-3-12(19)13(20)8-10/h1-4,7-8H,5-6H2,(H,21,24)(H,22,23). The third-order valence-corrected chi connectivity index (χ3v) is 4.35. The maximum absolute atomic E-state index is 12.5. The molecule has 0 aliphatic heterocycles. The van der Waals surface area contributed by atoms with Crippen molar-refractivity contribution in [3.05, 3.63) is 56.5 Å². The minimum Gasteiger partial charge on any atom is -0.409 e. The maximum atomic E-state index is 12.5. The number of halogens is 4. The number of carbonyl (C=O) groups is 2. The van der Waals surface area contributed by atoms with Crippen LogP contribution < -0.4 is 15.4 Å². The summed E-state index contributed by atoms with van der Waals surface area (Å²) in [6.45, 7) is 0.252. The zero-order chi connectivity index (χ0) is 18.4. The monoisotopic (exact) mass is 464 g/mol. The van der Waals surface area contributed by atoms with Gasteiger partial charge in [0.05, 0.1) is 15.6 Å². The van der Waals surface area contributed by atoms with Crippen molar-refractivity contribution in [2.45, 2.75) is 0 Å². The van der Waals surface area contributed by atoms with Gasteiger partial charge in [0.2, 0.25) is 0 Å². The quantitative estimate of drug-likeness (QED) is 0.585. The van der Waals surface area contributed by atoms with E-state index in [1.807, 2.05) is 0 Å². The van der Waals surface area contributed by atoms with Gasteiger partial charge in [-0.25, -0.2) is 4.79 Å². The molecule has 0 saturated heterocycles. The van der Waals surface area contributed by atoms with Gasteiger partial charge in [-0.05, 0) is 36.4 Å². The Morgan fingerprint density at radius 3 is 2.52 bits per heavy atom. The Morgan fingerprint density at radius 1 is 1.08 bits per heavy atom. The summed E-state index contributed by atoms with van der Waals surface area (Å²) < 4.78 is 5.82. The summed E-state index contributed by atoms with van der Waals surface area (Å²) in [5.41, 5.74) is 0.624. The molecule has 2 aromatic carbocycles. The molecule has 0 unspecified atom stereocenters. The number of amides is 2. The zero-order valence-corrected chi connectivity index (χ0v) is 16.5. The minimum absolute atomic E-state index is 0.104. The number of ether oxygens (including phenoxy) is 1. The highest BCUT2D eigenvalue weighted by molar-refractivity contribution is 9.10. The second kappa shape index (κ2) is 9.29. The van der Waals surface area contributed by atoms with Gasteiger partial charge in [-0.15, -0.1) is 11.6 Å². The second-order valence-corrected chi connectivity index (χ2v) is 6.84. The lowest BCUT2D eigenvalue weighted by Crippen LogP contribution is -2.29. The highest BCUT2D eigenvalue weighted by Crippen LogP contribution is 2.27. The number of anilines is 1. The Labute approximate surface area is 167 Å². The van der Waals surface area contributed by atoms with E-state index in [4.69, 9.17) is 39.5 Å². The molecule has 0 heterocycles. The molecule has 5 nitrogen and oxygen atoms in total. The lowest BCUT2D eigenvalue weighted by atomic mass is 10.2. The van der Waals surface area contributed by atoms with Crippen LogP contribution in [0.1, 0.15) is 10.4 Å². The van der Waals surface area contributed by atoms with E-state index in [0.29, 0.717) is 20.2 Å². The van der Waals surface area contributed by atoms with Gasteiger partial charge >= 0.3 is 6.09 Å². The molecule has 0 aliphatic carbocycles. The van der Waals surface area contributed by atoms with Crippen LogP contribution >= 0.6 is 50.7 Å². The Hall–Kier alpha value is -1.47. The first-order chi connectivity index (χ1) is 11.9. The zero-order valence-electron chi connectivity index (χ0n) is 12.6. The Balaban J connectivity index is 2.21. The average molecular weight is 467 g/mol. The van der Waals surface area contributed by atoms with Crippen molar-refractivity contribution in [1.29, 1.82) is 0 Å². The molecule has 2 N–H and O–H groups in total. The van der Waals surface area contributed by atoms with Crippen LogP contribution in [0.15, 0.2) is 40.9 Å². The second-order valence-electron chi connectivity index (χ2n) is 4.73. The SMILES string of the molecule is O=C(NCCCl)Oc1ccc(Br)cc1C(=O)Nc1ccc(Cl)c(Cl)c1. The van der Waals surface area contributed by atoms with E-state index in [1.54, 1.807) is 18.2 Å². The average Bonchev–Trinajstić information content (AvgIpc) is 2.58. The van der Waals surface area contributed by atoms with Gasteiger partial charge in [0, 0.05) is 22.6 Å². The molecule has 0 aromatic heterocycles. The van der Waals surface area contributed by atoms with Crippen molar-refractivity contribution in [2.24, 2.45) is 0 Å². The van der Waals surface area contributed by atoms with Crippen LogP contribution in [0, 0.1) is 0 Å². The molecular formula is C16H12BrCl3N2O3. The first-order valence-corrected chi connectivity index (χ1v) is 9.06. The van der Waals surface area contributed by atoms with Crippen LogP contribution in [-0.2, 0) is 0 Å². The Bertz CT molecular complexity index is 802. The van der Waals surface area contributed by atoms with Crippen molar-refractivity contribution in [2.75, 3.05) is 17.7 Å². The van der Waals surface area contributed by atoms with Crippen LogP contribution in [-0.4, -0.2) is 24.4 Å². The van der Waals surface area contributed by atoms with E-state index in [-0.39, 0.29) is 23.7 Å². The number of rotatable bonds is 5. The highest BCUT2D eigenvalue weighted by Gasteiger charge is 2.16. The summed E-state index contributed by atoms with van der Waals surface area (Å²) in [4.78, 5) is 24.2. The first kappa shape index (κ1) is 19.8. The van der Waals surface area contributed by atoms with E-state index >= 15 is 0 Å². The summed E-state index contributed by atoms with van der Waals surface area (Å²) >= 11 is 20.6. The number of benzene rings is 2. The number of alkyl halides is 1. The van der Waals surface area contributed by atoms with Crippen molar-refractivity contribution < 1.29 is 14.3 Å². The summed E-state index contributed by atoms with van der Waals surface area (Å²) in [5, 5.41) is 5.82. The van der Waals surface area contributed by atoms with Crippen molar-refractivity contribution in [3.8, 4) is 5.75 Å². The summed E-state index contributed by atoms with van der Waals surface area (Å²) in [6, 6.07) is 9.40. The molecule has 0 radical (unpaired) electrons. The number of hydrogen-bond acceptors (Lipinski definition) is 3. The number of nitrogens with one attached hydrogen (secondary N) is 2. The maximum Gasteiger partial charge on any atom is 0.412 e. The van der Waals surface area contributed by atoms with E-state index in [2.05, 4.69) is 26.6 Å². The van der Waals surface area contributed by atoms with Gasteiger partial charge in [-0.3, -0.25) is 4.79 Å². The molecule has 25 heavy (non-hydrogen) atoms. The molecule has 0 aliphatic rings. The fourth-order valence-corrected chi connectivity index (χ4v) is 2.58. The fourth-order valence-electron chi connectivity index (χ4n) is 1.83. The molecule has 132 valence electrons. The Kier molecular flexibility index (Phi) is 7.38. The van der Waals surface area contributed by atoms with Crippen LogP contribution in [0.5, 0.6) is 5.75 Å². The lowest BCUT2D eigenvalue weighted by molar-refractivity contribution is 0.102. The number of hydrogen-bond donors (Lipinski definition) is 2. The molecule has 2 rings (SSSR count). The Morgan fingerprint density at radius 2 is 1.84 bits per heavy atom. The van der Waals surface area contributed by atoms with E-state index in [1.165, 1.54) is 18.2 Å². The van der Waals surface area contributed by atoms with Gasteiger partial charge in [0.25, 0.3) is 5.91 Å². The molecule has 2 amide bonds. The highest BCUT2D eigenvalue weighted by atomic mass is 79.9. The van der Waals surface area contributed by atoms with Crippen molar-refractivity contribution >= 4 is 68.4 Å². The normalized spacial score (nSPS) is 10.2.